The number of hydrogen-bond acceptors (Lipinski definition) is 1. The summed E-state index contributed by atoms with van der Waals surface area (Å²) in [5.74, 6) is 0.849. The van der Waals surface area contributed by atoms with Gasteiger partial charge in [0.25, 0.3) is 0 Å². The molecular weight excluding hydrogens is 170 g/mol. The monoisotopic (exact) mass is 193 g/mol. The third-order valence-corrected chi connectivity index (χ3v) is 5.40. The largest absolute Gasteiger partial charge is 0.286 e. The SMILES string of the molecule is CC(C)C12CC3(C)CCCC(C)(C1)N32. The molecule has 3 aliphatic heterocycles. The minimum absolute atomic E-state index is 0.579. The molecule has 3 saturated heterocycles. The normalized spacial score (nSPS) is 56.4. The molecule has 3 fully saturated rings. The highest BCUT2D eigenvalue weighted by Crippen LogP contribution is 2.69. The lowest BCUT2D eigenvalue weighted by Crippen LogP contribution is -2.90. The molecule has 2 atom stereocenters. The summed E-state index contributed by atoms with van der Waals surface area (Å²) in [7, 11) is 0. The molecule has 80 valence electrons. The van der Waals surface area contributed by atoms with Crippen molar-refractivity contribution in [2.75, 3.05) is 0 Å². The van der Waals surface area contributed by atoms with Crippen LogP contribution in [-0.2, 0) is 0 Å². The first-order valence-electron chi connectivity index (χ1n) is 6.24. The van der Waals surface area contributed by atoms with Crippen LogP contribution in [0, 0.1) is 5.92 Å². The predicted molar refractivity (Wildman–Crippen MR) is 59.3 cm³/mol. The first kappa shape index (κ1) is 9.21. The standard InChI is InChI=1S/C13H23N/c1-10(2)13-8-11(3)6-5-7-12(4,9-13)14(11)13/h10H,5-9H2,1-4H3. The molecule has 1 heteroatoms. The van der Waals surface area contributed by atoms with Crippen molar-refractivity contribution >= 4 is 0 Å². The summed E-state index contributed by atoms with van der Waals surface area (Å²) in [6, 6.07) is 0. The molecule has 0 N–H and O–H groups in total. The molecule has 0 aliphatic carbocycles. The van der Waals surface area contributed by atoms with Crippen LogP contribution in [0.4, 0.5) is 0 Å². The van der Waals surface area contributed by atoms with Gasteiger partial charge in [-0.05, 0) is 51.9 Å². The van der Waals surface area contributed by atoms with Crippen molar-refractivity contribution in [1.82, 2.24) is 4.90 Å². The van der Waals surface area contributed by atoms with Gasteiger partial charge in [-0.3, -0.25) is 4.90 Å². The van der Waals surface area contributed by atoms with Crippen LogP contribution in [0.3, 0.4) is 0 Å². The van der Waals surface area contributed by atoms with Gasteiger partial charge in [-0.25, -0.2) is 0 Å². The Labute approximate surface area is 87.9 Å². The molecule has 0 bridgehead atoms. The van der Waals surface area contributed by atoms with Gasteiger partial charge in [0.1, 0.15) is 0 Å². The predicted octanol–water partition coefficient (Wildman–Crippen LogP) is 3.19. The zero-order valence-electron chi connectivity index (χ0n) is 10.1. The lowest BCUT2D eigenvalue weighted by Gasteiger charge is -2.83. The highest BCUT2D eigenvalue weighted by Gasteiger charge is 2.74. The molecule has 0 saturated carbocycles. The Morgan fingerprint density at radius 3 is 1.93 bits per heavy atom. The molecule has 0 radical (unpaired) electrons. The maximum Gasteiger partial charge on any atom is 0.0278 e. The van der Waals surface area contributed by atoms with Crippen molar-refractivity contribution in [3.05, 3.63) is 0 Å². The zero-order valence-corrected chi connectivity index (χ0v) is 10.1. The maximum absolute atomic E-state index is 2.89. The molecule has 3 aliphatic rings. The van der Waals surface area contributed by atoms with Crippen LogP contribution in [0.15, 0.2) is 0 Å². The molecule has 0 aromatic heterocycles. The highest BCUT2D eigenvalue weighted by molar-refractivity contribution is 5.30. The first-order valence-corrected chi connectivity index (χ1v) is 6.24. The van der Waals surface area contributed by atoms with E-state index in [9.17, 15) is 0 Å². The van der Waals surface area contributed by atoms with Crippen molar-refractivity contribution in [2.24, 2.45) is 5.92 Å². The molecule has 0 spiro atoms. The second-order valence-corrected chi connectivity index (χ2v) is 6.79. The van der Waals surface area contributed by atoms with E-state index in [1.54, 1.807) is 0 Å². The summed E-state index contributed by atoms with van der Waals surface area (Å²) < 4.78 is 0. The Hall–Kier alpha value is -0.0400. The summed E-state index contributed by atoms with van der Waals surface area (Å²) in [6.07, 6.45) is 7.27. The van der Waals surface area contributed by atoms with Crippen LogP contribution in [0.2, 0.25) is 0 Å². The summed E-state index contributed by atoms with van der Waals surface area (Å²) in [5.41, 5.74) is 1.77. The van der Waals surface area contributed by atoms with E-state index in [0.717, 1.165) is 5.92 Å². The highest BCUT2D eigenvalue weighted by atomic mass is 15.4. The summed E-state index contributed by atoms with van der Waals surface area (Å²) in [5, 5.41) is 0. The van der Waals surface area contributed by atoms with Crippen molar-refractivity contribution in [2.45, 2.75) is 76.4 Å². The van der Waals surface area contributed by atoms with E-state index in [1.165, 1.54) is 32.1 Å². The minimum atomic E-state index is 0.579. The van der Waals surface area contributed by atoms with Crippen LogP contribution in [-0.4, -0.2) is 21.5 Å². The average molecular weight is 193 g/mol. The molecule has 0 aromatic carbocycles. The second-order valence-electron chi connectivity index (χ2n) is 6.79. The molecule has 14 heavy (non-hydrogen) atoms. The van der Waals surface area contributed by atoms with Crippen LogP contribution in [0.25, 0.3) is 0 Å². The maximum atomic E-state index is 2.89. The summed E-state index contributed by atoms with van der Waals surface area (Å²) in [4.78, 5) is 2.89. The topological polar surface area (TPSA) is 3.24 Å². The van der Waals surface area contributed by atoms with Crippen molar-refractivity contribution in [1.29, 1.82) is 0 Å². The van der Waals surface area contributed by atoms with Crippen LogP contribution in [0.5, 0.6) is 0 Å². The Balaban J connectivity index is 1.94. The van der Waals surface area contributed by atoms with Gasteiger partial charge in [0, 0.05) is 16.6 Å². The van der Waals surface area contributed by atoms with Crippen LogP contribution in [0.1, 0.15) is 59.8 Å². The van der Waals surface area contributed by atoms with Gasteiger partial charge < -0.3 is 0 Å². The first-order chi connectivity index (χ1) is 6.43. The van der Waals surface area contributed by atoms with Gasteiger partial charge in [0.15, 0.2) is 0 Å². The van der Waals surface area contributed by atoms with Crippen molar-refractivity contribution in [3.8, 4) is 0 Å². The van der Waals surface area contributed by atoms with E-state index >= 15 is 0 Å². The van der Waals surface area contributed by atoms with E-state index < -0.39 is 0 Å². The van der Waals surface area contributed by atoms with Gasteiger partial charge in [-0.1, -0.05) is 13.8 Å². The van der Waals surface area contributed by atoms with E-state index in [4.69, 9.17) is 0 Å². The quantitative estimate of drug-likeness (QED) is 0.618. The van der Waals surface area contributed by atoms with Gasteiger partial charge in [-0.15, -0.1) is 0 Å². The lowest BCUT2D eigenvalue weighted by molar-refractivity contribution is -0.323. The van der Waals surface area contributed by atoms with Crippen LogP contribution >= 0.6 is 0 Å². The summed E-state index contributed by atoms with van der Waals surface area (Å²) in [6.45, 7) is 9.80. The van der Waals surface area contributed by atoms with Gasteiger partial charge >= 0.3 is 0 Å². The summed E-state index contributed by atoms with van der Waals surface area (Å²) >= 11 is 0. The Bertz CT molecular complexity index is 263. The molecule has 3 rings (SSSR count). The van der Waals surface area contributed by atoms with Gasteiger partial charge in [0.05, 0.1) is 0 Å². The molecule has 2 unspecified atom stereocenters. The molecule has 1 nitrogen and oxygen atoms in total. The lowest BCUT2D eigenvalue weighted by atomic mass is 9.46. The van der Waals surface area contributed by atoms with Crippen molar-refractivity contribution in [3.63, 3.8) is 0 Å². The molecule has 0 amide bonds. The Kier molecular flexibility index (Phi) is 1.45. The third-order valence-electron chi connectivity index (χ3n) is 5.40. The fourth-order valence-electron chi connectivity index (χ4n) is 5.16. The van der Waals surface area contributed by atoms with E-state index in [0.29, 0.717) is 16.6 Å². The number of nitrogens with zero attached hydrogens (tertiary/aromatic N) is 1. The fourth-order valence-corrected chi connectivity index (χ4v) is 5.16. The smallest absolute Gasteiger partial charge is 0.0278 e. The van der Waals surface area contributed by atoms with Gasteiger partial charge in [-0.2, -0.15) is 0 Å². The molecule has 3 heterocycles. The Morgan fingerprint density at radius 2 is 1.50 bits per heavy atom. The Morgan fingerprint density at radius 1 is 1.00 bits per heavy atom. The minimum Gasteiger partial charge on any atom is -0.286 e. The molecular formula is C13H23N. The zero-order chi connectivity index (χ0) is 10.2. The second kappa shape index (κ2) is 2.21. The van der Waals surface area contributed by atoms with E-state index in [1.807, 2.05) is 0 Å². The average Bonchev–Trinajstić information content (AvgIpc) is 1.96. The molecule has 0 aromatic rings. The third kappa shape index (κ3) is 0.743. The van der Waals surface area contributed by atoms with E-state index in [2.05, 4.69) is 32.6 Å². The number of piperidine rings is 2. The number of rotatable bonds is 1. The number of hydrogen-bond donors (Lipinski definition) is 0. The van der Waals surface area contributed by atoms with Gasteiger partial charge in [0.2, 0.25) is 0 Å². The van der Waals surface area contributed by atoms with Crippen LogP contribution < -0.4 is 0 Å². The van der Waals surface area contributed by atoms with E-state index in [-0.39, 0.29) is 0 Å². The fraction of sp³-hybridized carbons (Fsp3) is 1.00. The van der Waals surface area contributed by atoms with Crippen molar-refractivity contribution < 1.29 is 0 Å².